The summed E-state index contributed by atoms with van der Waals surface area (Å²) in [4.78, 5) is 0. The van der Waals surface area contributed by atoms with Gasteiger partial charge in [0.25, 0.3) is 0 Å². The van der Waals surface area contributed by atoms with E-state index in [1.54, 1.807) is 0 Å². The molecular weight excluding hydrogens is 236 g/mol. The molecule has 2 nitrogen and oxygen atoms in total. The molecule has 0 heterocycles. The normalized spacial score (nSPS) is 20.8. The summed E-state index contributed by atoms with van der Waals surface area (Å²) < 4.78 is 6.06. The Bertz CT molecular complexity index is 392. The number of rotatable bonds is 4. The summed E-state index contributed by atoms with van der Waals surface area (Å²) in [6, 6.07) is 8.18. The van der Waals surface area contributed by atoms with Crippen molar-refractivity contribution in [2.75, 3.05) is 6.61 Å². The van der Waals surface area contributed by atoms with Gasteiger partial charge in [0.05, 0.1) is 5.60 Å². The lowest BCUT2D eigenvalue weighted by atomic mass is 9.84. The van der Waals surface area contributed by atoms with Crippen molar-refractivity contribution < 1.29 is 9.84 Å². The molecule has 0 saturated heterocycles. The van der Waals surface area contributed by atoms with Gasteiger partial charge in [-0.3, -0.25) is 0 Å². The van der Waals surface area contributed by atoms with Crippen LogP contribution in [0.4, 0.5) is 0 Å². The molecule has 0 spiro atoms. The molecule has 0 radical (unpaired) electrons. The zero-order valence-electron chi connectivity index (χ0n) is 12.2. The fourth-order valence-electron chi connectivity index (χ4n) is 3.26. The molecule has 0 aliphatic heterocycles. The van der Waals surface area contributed by atoms with Gasteiger partial charge in [-0.05, 0) is 32.3 Å². The first-order chi connectivity index (χ1) is 9.18. The van der Waals surface area contributed by atoms with Gasteiger partial charge in [0.2, 0.25) is 0 Å². The summed E-state index contributed by atoms with van der Waals surface area (Å²) in [6.07, 6.45) is 6.26. The largest absolute Gasteiger partial charge is 0.385 e. The predicted octanol–water partition coefficient (Wildman–Crippen LogP) is 4.16. The summed E-state index contributed by atoms with van der Waals surface area (Å²) in [5.74, 6) is 0. The molecule has 0 aromatic heterocycles. The maximum atomic E-state index is 10.9. The van der Waals surface area contributed by atoms with Gasteiger partial charge in [0, 0.05) is 6.61 Å². The van der Waals surface area contributed by atoms with Crippen LogP contribution < -0.4 is 0 Å². The fraction of sp³-hybridized carbons (Fsp3) is 0.647. The van der Waals surface area contributed by atoms with Crippen LogP contribution in [-0.4, -0.2) is 17.3 Å². The van der Waals surface area contributed by atoms with Crippen LogP contribution >= 0.6 is 0 Å². The second-order valence-corrected chi connectivity index (χ2v) is 5.73. The monoisotopic (exact) mass is 262 g/mol. The highest BCUT2D eigenvalue weighted by Gasteiger charge is 2.39. The molecule has 1 N–H and O–H groups in total. The molecule has 106 valence electrons. The zero-order valence-corrected chi connectivity index (χ0v) is 12.2. The van der Waals surface area contributed by atoms with Crippen LogP contribution in [0.15, 0.2) is 24.3 Å². The van der Waals surface area contributed by atoms with E-state index < -0.39 is 6.10 Å². The highest BCUT2D eigenvalue weighted by atomic mass is 16.5. The SMILES string of the molecule is CCOC1(C(O)c2cccc(C)c2)CCCCCC1. The second kappa shape index (κ2) is 6.53. The Hall–Kier alpha value is -0.860. The molecule has 0 bridgehead atoms. The summed E-state index contributed by atoms with van der Waals surface area (Å²) in [5.41, 5.74) is 1.81. The third-order valence-corrected chi connectivity index (χ3v) is 4.24. The average molecular weight is 262 g/mol. The molecule has 2 heteroatoms. The molecule has 1 fully saturated rings. The maximum Gasteiger partial charge on any atom is 0.108 e. The van der Waals surface area contributed by atoms with Crippen molar-refractivity contribution in [1.29, 1.82) is 0 Å². The summed E-state index contributed by atoms with van der Waals surface area (Å²) >= 11 is 0. The van der Waals surface area contributed by atoms with E-state index in [-0.39, 0.29) is 5.60 Å². The van der Waals surface area contributed by atoms with Crippen molar-refractivity contribution in [3.05, 3.63) is 35.4 Å². The van der Waals surface area contributed by atoms with Gasteiger partial charge in [-0.1, -0.05) is 55.5 Å². The van der Waals surface area contributed by atoms with E-state index in [4.69, 9.17) is 4.74 Å². The quantitative estimate of drug-likeness (QED) is 0.826. The van der Waals surface area contributed by atoms with Crippen LogP contribution in [0.5, 0.6) is 0 Å². The Morgan fingerprint density at radius 2 is 1.89 bits per heavy atom. The Balaban J connectivity index is 2.26. The lowest BCUT2D eigenvalue weighted by Crippen LogP contribution is -2.39. The van der Waals surface area contributed by atoms with Crippen LogP contribution in [0.1, 0.15) is 62.7 Å². The number of benzene rings is 1. The van der Waals surface area contributed by atoms with E-state index in [1.807, 2.05) is 19.1 Å². The van der Waals surface area contributed by atoms with Gasteiger partial charge in [0.1, 0.15) is 6.10 Å². The Morgan fingerprint density at radius 1 is 1.21 bits per heavy atom. The topological polar surface area (TPSA) is 29.5 Å². The van der Waals surface area contributed by atoms with Crippen molar-refractivity contribution in [1.82, 2.24) is 0 Å². The van der Waals surface area contributed by atoms with E-state index in [0.29, 0.717) is 6.61 Å². The molecule has 1 saturated carbocycles. The number of aryl methyl sites for hydroxylation is 1. The Kier molecular flexibility index (Phi) is 5.00. The van der Waals surface area contributed by atoms with Crippen LogP contribution in [0.25, 0.3) is 0 Å². The molecule has 1 atom stereocenters. The summed E-state index contributed by atoms with van der Waals surface area (Å²) in [6.45, 7) is 4.76. The fourth-order valence-corrected chi connectivity index (χ4v) is 3.26. The number of ether oxygens (including phenoxy) is 1. The first-order valence-electron chi connectivity index (χ1n) is 7.56. The Labute approximate surface area is 116 Å². The van der Waals surface area contributed by atoms with E-state index in [9.17, 15) is 5.11 Å². The maximum absolute atomic E-state index is 10.9. The number of hydrogen-bond donors (Lipinski definition) is 1. The molecule has 1 aromatic carbocycles. The van der Waals surface area contributed by atoms with Crippen LogP contribution in [0.2, 0.25) is 0 Å². The minimum Gasteiger partial charge on any atom is -0.385 e. The molecule has 19 heavy (non-hydrogen) atoms. The molecular formula is C17H26O2. The molecule has 2 rings (SSSR count). The van der Waals surface area contributed by atoms with Crippen molar-refractivity contribution in [2.24, 2.45) is 0 Å². The van der Waals surface area contributed by atoms with Gasteiger partial charge in [0.15, 0.2) is 0 Å². The van der Waals surface area contributed by atoms with Crippen LogP contribution in [0, 0.1) is 6.92 Å². The van der Waals surface area contributed by atoms with Gasteiger partial charge in [-0.25, -0.2) is 0 Å². The van der Waals surface area contributed by atoms with Gasteiger partial charge in [-0.2, -0.15) is 0 Å². The summed E-state index contributed by atoms with van der Waals surface area (Å²) in [7, 11) is 0. The van der Waals surface area contributed by atoms with Crippen LogP contribution in [-0.2, 0) is 4.74 Å². The van der Waals surface area contributed by atoms with E-state index in [1.165, 1.54) is 18.4 Å². The van der Waals surface area contributed by atoms with Gasteiger partial charge < -0.3 is 9.84 Å². The lowest BCUT2D eigenvalue weighted by molar-refractivity contribution is -0.131. The predicted molar refractivity (Wildman–Crippen MR) is 78.2 cm³/mol. The third kappa shape index (κ3) is 3.37. The number of aliphatic hydroxyl groups excluding tert-OH is 1. The minimum atomic E-state index is -0.509. The smallest absolute Gasteiger partial charge is 0.108 e. The minimum absolute atomic E-state index is 0.376. The highest BCUT2D eigenvalue weighted by Crippen LogP contribution is 2.40. The van der Waals surface area contributed by atoms with Crippen molar-refractivity contribution >= 4 is 0 Å². The first kappa shape index (κ1) is 14.5. The van der Waals surface area contributed by atoms with Crippen molar-refractivity contribution in [3.8, 4) is 0 Å². The molecule has 1 aliphatic carbocycles. The molecule has 1 aromatic rings. The standard InChI is InChI=1S/C17H26O2/c1-3-19-17(11-6-4-5-7-12-17)16(18)15-10-8-9-14(2)13-15/h8-10,13,16,18H,3-7,11-12H2,1-2H3. The Morgan fingerprint density at radius 3 is 2.47 bits per heavy atom. The first-order valence-corrected chi connectivity index (χ1v) is 7.56. The van der Waals surface area contributed by atoms with Gasteiger partial charge in [-0.15, -0.1) is 0 Å². The van der Waals surface area contributed by atoms with E-state index >= 15 is 0 Å². The number of aliphatic hydroxyl groups is 1. The summed E-state index contributed by atoms with van der Waals surface area (Å²) in [5, 5.41) is 10.9. The average Bonchev–Trinajstić information content (AvgIpc) is 2.65. The third-order valence-electron chi connectivity index (χ3n) is 4.24. The molecule has 0 amide bonds. The second-order valence-electron chi connectivity index (χ2n) is 5.73. The highest BCUT2D eigenvalue weighted by molar-refractivity contribution is 5.26. The van der Waals surface area contributed by atoms with Gasteiger partial charge >= 0.3 is 0 Å². The van der Waals surface area contributed by atoms with E-state index in [0.717, 1.165) is 31.2 Å². The van der Waals surface area contributed by atoms with Crippen molar-refractivity contribution in [3.63, 3.8) is 0 Å². The number of hydrogen-bond acceptors (Lipinski definition) is 2. The lowest BCUT2D eigenvalue weighted by Gasteiger charge is -2.37. The molecule has 1 aliphatic rings. The van der Waals surface area contributed by atoms with Crippen molar-refractivity contribution in [2.45, 2.75) is 64.1 Å². The van der Waals surface area contributed by atoms with E-state index in [2.05, 4.69) is 19.1 Å². The zero-order chi connectivity index (χ0) is 13.7. The van der Waals surface area contributed by atoms with Crippen LogP contribution in [0.3, 0.4) is 0 Å². The molecule has 1 unspecified atom stereocenters.